The van der Waals surface area contributed by atoms with Crippen LogP contribution in [0.4, 0.5) is 5.69 Å². The Morgan fingerprint density at radius 3 is 2.45 bits per heavy atom. The van der Waals surface area contributed by atoms with Gasteiger partial charge in [0.2, 0.25) is 5.91 Å². The first kappa shape index (κ1) is 27.8. The molecule has 0 aliphatic heterocycles. The molecule has 5 rings (SSSR count). The third-order valence-electron chi connectivity index (χ3n) is 11.9. The van der Waals surface area contributed by atoms with Gasteiger partial charge in [0.15, 0.2) is 11.5 Å². The lowest BCUT2D eigenvalue weighted by Crippen LogP contribution is -2.58. The number of hydrogen-bond donors (Lipinski definition) is 3. The molecule has 10 atom stereocenters. The Hall–Kier alpha value is -1.79. The van der Waals surface area contributed by atoms with E-state index in [1.54, 1.807) is 20.3 Å². The van der Waals surface area contributed by atoms with Crippen LogP contribution in [0.15, 0.2) is 18.2 Å². The summed E-state index contributed by atoms with van der Waals surface area (Å²) in [7, 11) is 3.20. The molecule has 1 amide bonds. The van der Waals surface area contributed by atoms with E-state index in [1.165, 1.54) is 25.7 Å². The fourth-order valence-corrected chi connectivity index (χ4v) is 9.87. The fourth-order valence-electron chi connectivity index (χ4n) is 9.87. The molecule has 6 heteroatoms. The number of nitrogens with one attached hydrogen (secondary N) is 1. The summed E-state index contributed by atoms with van der Waals surface area (Å²) in [5.74, 6) is 4.31. The number of anilines is 1. The molecule has 1 aromatic carbocycles. The van der Waals surface area contributed by atoms with E-state index in [0.717, 1.165) is 37.8 Å². The average Bonchev–Trinajstić information content (AvgIpc) is 3.25. The van der Waals surface area contributed by atoms with E-state index in [4.69, 9.17) is 9.47 Å². The predicted molar refractivity (Wildman–Crippen MR) is 149 cm³/mol. The van der Waals surface area contributed by atoms with Gasteiger partial charge in [0.25, 0.3) is 0 Å². The van der Waals surface area contributed by atoms with Gasteiger partial charge in [-0.05, 0) is 116 Å². The smallest absolute Gasteiger partial charge is 0.224 e. The van der Waals surface area contributed by atoms with Gasteiger partial charge in [-0.15, -0.1) is 0 Å². The number of aliphatic hydroxyl groups is 2. The lowest BCUT2D eigenvalue weighted by Gasteiger charge is -2.62. The number of fused-ring (bicyclic) bond motifs is 5. The van der Waals surface area contributed by atoms with Gasteiger partial charge in [-0.2, -0.15) is 0 Å². The van der Waals surface area contributed by atoms with E-state index >= 15 is 0 Å². The molecule has 0 unspecified atom stereocenters. The molecular weight excluding hydrogens is 478 g/mol. The van der Waals surface area contributed by atoms with Crippen LogP contribution in [0, 0.1) is 46.3 Å². The van der Waals surface area contributed by atoms with Gasteiger partial charge >= 0.3 is 0 Å². The highest BCUT2D eigenvalue weighted by Gasteiger charge is 2.62. The summed E-state index contributed by atoms with van der Waals surface area (Å²) in [5.41, 5.74) is 1.22. The number of amides is 1. The van der Waals surface area contributed by atoms with Crippen molar-refractivity contribution < 1.29 is 24.5 Å². The van der Waals surface area contributed by atoms with Gasteiger partial charge in [0.1, 0.15) is 0 Å². The van der Waals surface area contributed by atoms with Crippen LogP contribution < -0.4 is 14.8 Å². The van der Waals surface area contributed by atoms with E-state index < -0.39 is 0 Å². The topological polar surface area (TPSA) is 88.0 Å². The molecule has 0 radical (unpaired) electrons. The second-order valence-electron chi connectivity index (χ2n) is 13.6. The van der Waals surface area contributed by atoms with E-state index in [2.05, 4.69) is 26.1 Å². The van der Waals surface area contributed by atoms with Crippen LogP contribution in [-0.2, 0) is 4.79 Å². The summed E-state index contributed by atoms with van der Waals surface area (Å²) in [6, 6.07) is 5.46. The van der Waals surface area contributed by atoms with Crippen molar-refractivity contribution in [3.05, 3.63) is 18.2 Å². The maximum Gasteiger partial charge on any atom is 0.224 e. The highest BCUT2D eigenvalue weighted by Crippen LogP contribution is 2.68. The zero-order valence-corrected chi connectivity index (χ0v) is 24.0. The molecule has 0 saturated heterocycles. The minimum absolute atomic E-state index is 0.0358. The molecule has 4 saturated carbocycles. The van der Waals surface area contributed by atoms with Crippen molar-refractivity contribution in [1.29, 1.82) is 0 Å². The maximum atomic E-state index is 12.8. The molecule has 38 heavy (non-hydrogen) atoms. The Bertz CT molecular complexity index is 1010. The van der Waals surface area contributed by atoms with Crippen molar-refractivity contribution in [2.45, 2.75) is 97.2 Å². The Kier molecular flexibility index (Phi) is 7.78. The molecule has 6 nitrogen and oxygen atoms in total. The Labute approximate surface area is 228 Å². The largest absolute Gasteiger partial charge is 0.493 e. The van der Waals surface area contributed by atoms with Crippen LogP contribution in [0.2, 0.25) is 0 Å². The molecule has 4 fully saturated rings. The number of hydrogen-bond acceptors (Lipinski definition) is 5. The third-order valence-corrected chi connectivity index (χ3v) is 11.9. The van der Waals surface area contributed by atoms with E-state index in [9.17, 15) is 15.0 Å². The van der Waals surface area contributed by atoms with Crippen LogP contribution in [-0.4, -0.2) is 42.5 Å². The second kappa shape index (κ2) is 10.6. The number of carbonyl (C=O) groups excluding carboxylic acids is 1. The number of rotatable bonds is 7. The summed E-state index contributed by atoms with van der Waals surface area (Å²) >= 11 is 0. The molecule has 4 aliphatic carbocycles. The molecule has 0 heterocycles. The SMILES string of the molecule is COc1ccc(NC(=O)CC[C@@H](C)[C@H]2CC[C@H]3[C@@H]4[C@@H](O)C[C@@H]5C[C@H](O)CC[C@]5(C)[C@H]4CC[C@]23C)cc1OC. The Morgan fingerprint density at radius 1 is 1.00 bits per heavy atom. The lowest BCUT2D eigenvalue weighted by atomic mass is 9.43. The van der Waals surface area contributed by atoms with E-state index in [-0.39, 0.29) is 28.9 Å². The van der Waals surface area contributed by atoms with Crippen molar-refractivity contribution in [2.75, 3.05) is 19.5 Å². The van der Waals surface area contributed by atoms with E-state index in [1.807, 2.05) is 12.1 Å². The molecule has 3 N–H and O–H groups in total. The third kappa shape index (κ3) is 4.74. The summed E-state index contributed by atoms with van der Waals surface area (Å²) in [6.07, 6.45) is 9.51. The molecule has 0 bridgehead atoms. The number of carbonyl (C=O) groups is 1. The van der Waals surface area contributed by atoms with Gasteiger partial charge < -0.3 is 25.0 Å². The van der Waals surface area contributed by atoms with Gasteiger partial charge in [-0.3, -0.25) is 4.79 Å². The first-order chi connectivity index (χ1) is 18.1. The zero-order chi connectivity index (χ0) is 27.2. The number of aliphatic hydroxyl groups excluding tert-OH is 2. The van der Waals surface area contributed by atoms with Crippen molar-refractivity contribution in [3.8, 4) is 11.5 Å². The normalized spacial score (nSPS) is 40.9. The Balaban J connectivity index is 1.22. The fraction of sp³-hybridized carbons (Fsp3) is 0.781. The van der Waals surface area contributed by atoms with Gasteiger partial charge in [0, 0.05) is 18.2 Å². The van der Waals surface area contributed by atoms with Crippen molar-refractivity contribution in [3.63, 3.8) is 0 Å². The number of ether oxygens (including phenoxy) is 2. The lowest BCUT2D eigenvalue weighted by molar-refractivity contribution is -0.174. The van der Waals surface area contributed by atoms with Crippen LogP contribution in [0.3, 0.4) is 0 Å². The maximum absolute atomic E-state index is 12.8. The second-order valence-corrected chi connectivity index (χ2v) is 13.6. The van der Waals surface area contributed by atoms with Crippen molar-refractivity contribution >= 4 is 11.6 Å². The molecule has 0 spiro atoms. The molecule has 4 aliphatic rings. The van der Waals surface area contributed by atoms with E-state index in [0.29, 0.717) is 53.4 Å². The first-order valence-corrected chi connectivity index (χ1v) is 15.0. The molecule has 212 valence electrons. The highest BCUT2D eigenvalue weighted by atomic mass is 16.5. The number of benzene rings is 1. The summed E-state index contributed by atoms with van der Waals surface area (Å²) in [5, 5.41) is 24.8. The number of methoxy groups -OCH3 is 2. The van der Waals surface area contributed by atoms with Crippen molar-refractivity contribution in [1.82, 2.24) is 0 Å². The van der Waals surface area contributed by atoms with Crippen LogP contribution >= 0.6 is 0 Å². The van der Waals surface area contributed by atoms with Crippen LogP contribution in [0.1, 0.15) is 85.0 Å². The average molecular weight is 528 g/mol. The Morgan fingerprint density at radius 2 is 1.71 bits per heavy atom. The predicted octanol–water partition coefficient (Wildman–Crippen LogP) is 6.05. The zero-order valence-electron chi connectivity index (χ0n) is 24.0. The van der Waals surface area contributed by atoms with Gasteiger partial charge in [0.05, 0.1) is 26.4 Å². The quantitative estimate of drug-likeness (QED) is 0.402. The van der Waals surface area contributed by atoms with Gasteiger partial charge in [-0.25, -0.2) is 0 Å². The highest BCUT2D eigenvalue weighted by molar-refractivity contribution is 5.91. The monoisotopic (exact) mass is 527 g/mol. The van der Waals surface area contributed by atoms with Crippen LogP contribution in [0.5, 0.6) is 11.5 Å². The molecule has 1 aromatic rings. The minimum atomic E-state index is -0.241. The summed E-state index contributed by atoms with van der Waals surface area (Å²) < 4.78 is 10.7. The van der Waals surface area contributed by atoms with Gasteiger partial charge in [-0.1, -0.05) is 20.8 Å². The minimum Gasteiger partial charge on any atom is -0.493 e. The summed E-state index contributed by atoms with van der Waals surface area (Å²) in [4.78, 5) is 12.8. The standard InChI is InChI=1S/C32H49NO5/c1-19(6-11-29(36)33-21-7-10-27(37-4)28(18-21)38-5)23-8-9-24-30-25(13-15-32(23,24)3)31(2)14-12-22(34)16-20(31)17-26(30)35/h7,10,18-20,22-26,30,34-35H,6,8-9,11-17H2,1-5H3,(H,33,36)/t19-,20+,22-,23-,24+,25+,26+,30+,31+,32-/m1/s1. The molecular formula is C32H49NO5. The molecule has 0 aromatic heterocycles. The van der Waals surface area contributed by atoms with Crippen molar-refractivity contribution in [2.24, 2.45) is 46.3 Å². The first-order valence-electron chi connectivity index (χ1n) is 15.0. The van der Waals surface area contributed by atoms with Crippen LogP contribution in [0.25, 0.3) is 0 Å². The summed E-state index contributed by atoms with van der Waals surface area (Å²) in [6.45, 7) is 7.31.